The van der Waals surface area contributed by atoms with Gasteiger partial charge in [0.1, 0.15) is 6.04 Å². The molecule has 0 saturated carbocycles. The molecule has 2 atom stereocenters. The van der Waals surface area contributed by atoms with E-state index >= 15 is 0 Å². The molecule has 2 aliphatic rings. The lowest BCUT2D eigenvalue weighted by atomic mass is 10.1. The highest BCUT2D eigenvalue weighted by atomic mass is 16.2. The molecule has 2 aliphatic heterocycles. The number of carbonyl (C=O) groups is 1. The number of likely N-dealkylation sites (N-methyl/N-ethyl adjacent to an activating group) is 1. The SMILES string of the molecule is Cc1cccc2c1NC(C(=O)NCC1CCNN1C)C2. The number of nitrogens with zero attached hydrogens (tertiary/aromatic N) is 1. The van der Waals surface area contributed by atoms with Crippen molar-refractivity contribution in [3.8, 4) is 0 Å². The van der Waals surface area contributed by atoms with Crippen molar-refractivity contribution >= 4 is 11.6 Å². The second-order valence-electron chi connectivity index (χ2n) is 5.72. The highest BCUT2D eigenvalue weighted by Gasteiger charge is 2.28. The highest BCUT2D eigenvalue weighted by Crippen LogP contribution is 2.28. The molecule has 5 heteroatoms. The molecular formula is C15H22N4O. The van der Waals surface area contributed by atoms with Gasteiger partial charge in [0.2, 0.25) is 5.91 Å². The zero-order valence-electron chi connectivity index (χ0n) is 12.1. The summed E-state index contributed by atoms with van der Waals surface area (Å²) in [7, 11) is 2.02. The van der Waals surface area contributed by atoms with Crippen LogP contribution in [0.3, 0.4) is 0 Å². The van der Waals surface area contributed by atoms with E-state index in [1.807, 2.05) is 7.05 Å². The van der Waals surface area contributed by atoms with Gasteiger partial charge in [0, 0.05) is 38.3 Å². The van der Waals surface area contributed by atoms with Crippen LogP contribution in [0.15, 0.2) is 18.2 Å². The summed E-state index contributed by atoms with van der Waals surface area (Å²) in [5, 5.41) is 8.50. The van der Waals surface area contributed by atoms with Gasteiger partial charge >= 0.3 is 0 Å². The molecule has 0 spiro atoms. The van der Waals surface area contributed by atoms with Crippen molar-refractivity contribution in [1.29, 1.82) is 0 Å². The predicted molar refractivity (Wildman–Crippen MR) is 79.5 cm³/mol. The summed E-state index contributed by atoms with van der Waals surface area (Å²) in [5.74, 6) is 0.0981. The van der Waals surface area contributed by atoms with Crippen LogP contribution in [0.2, 0.25) is 0 Å². The van der Waals surface area contributed by atoms with Gasteiger partial charge in [-0.25, -0.2) is 5.01 Å². The molecule has 2 unspecified atom stereocenters. The fourth-order valence-corrected chi connectivity index (χ4v) is 3.02. The van der Waals surface area contributed by atoms with Crippen LogP contribution in [0.5, 0.6) is 0 Å². The summed E-state index contributed by atoms with van der Waals surface area (Å²) in [6, 6.07) is 6.48. The molecule has 1 aromatic carbocycles. The molecule has 5 nitrogen and oxygen atoms in total. The number of rotatable bonds is 3. The fraction of sp³-hybridized carbons (Fsp3) is 0.533. The van der Waals surface area contributed by atoms with Gasteiger partial charge in [0.15, 0.2) is 0 Å². The van der Waals surface area contributed by atoms with E-state index in [0.717, 1.165) is 25.1 Å². The number of anilines is 1. The Bertz CT molecular complexity index is 517. The lowest BCUT2D eigenvalue weighted by Gasteiger charge is -2.20. The first-order valence-corrected chi connectivity index (χ1v) is 7.24. The van der Waals surface area contributed by atoms with E-state index in [9.17, 15) is 4.79 Å². The van der Waals surface area contributed by atoms with Crippen molar-refractivity contribution in [2.24, 2.45) is 0 Å². The molecule has 1 amide bonds. The molecule has 2 heterocycles. The second-order valence-corrected chi connectivity index (χ2v) is 5.72. The van der Waals surface area contributed by atoms with E-state index < -0.39 is 0 Å². The molecule has 108 valence electrons. The molecule has 3 rings (SSSR count). The number of aryl methyl sites for hydroxylation is 1. The molecule has 3 N–H and O–H groups in total. The van der Waals surface area contributed by atoms with E-state index in [-0.39, 0.29) is 11.9 Å². The van der Waals surface area contributed by atoms with Gasteiger partial charge in [0.05, 0.1) is 0 Å². The quantitative estimate of drug-likeness (QED) is 0.758. The monoisotopic (exact) mass is 274 g/mol. The molecule has 20 heavy (non-hydrogen) atoms. The molecule has 1 aromatic rings. The van der Waals surface area contributed by atoms with E-state index in [4.69, 9.17) is 0 Å². The lowest BCUT2D eigenvalue weighted by molar-refractivity contribution is -0.121. The standard InChI is InChI=1S/C15H22N4O/c1-10-4-3-5-11-8-13(18-14(10)11)15(20)16-9-12-6-7-17-19(12)2/h3-5,12-13,17-18H,6-9H2,1-2H3,(H,16,20). The largest absolute Gasteiger partial charge is 0.373 e. The van der Waals surface area contributed by atoms with Crippen molar-refractivity contribution in [2.45, 2.75) is 31.8 Å². The zero-order valence-corrected chi connectivity index (χ0v) is 12.1. The normalized spacial score (nSPS) is 25.3. The maximum atomic E-state index is 12.3. The van der Waals surface area contributed by atoms with Crippen molar-refractivity contribution in [2.75, 3.05) is 25.5 Å². The Kier molecular flexibility index (Phi) is 3.63. The third-order valence-electron chi connectivity index (χ3n) is 4.32. The molecular weight excluding hydrogens is 252 g/mol. The van der Waals surface area contributed by atoms with Crippen LogP contribution >= 0.6 is 0 Å². The fourth-order valence-electron chi connectivity index (χ4n) is 3.02. The van der Waals surface area contributed by atoms with E-state index in [1.54, 1.807) is 0 Å². The summed E-state index contributed by atoms with van der Waals surface area (Å²) in [4.78, 5) is 12.3. The summed E-state index contributed by atoms with van der Waals surface area (Å²) >= 11 is 0. The first-order valence-electron chi connectivity index (χ1n) is 7.24. The van der Waals surface area contributed by atoms with Gasteiger partial charge in [-0.1, -0.05) is 18.2 Å². The van der Waals surface area contributed by atoms with Gasteiger partial charge < -0.3 is 10.6 Å². The van der Waals surface area contributed by atoms with E-state index in [2.05, 4.69) is 46.2 Å². The van der Waals surface area contributed by atoms with Crippen LogP contribution < -0.4 is 16.1 Å². The smallest absolute Gasteiger partial charge is 0.242 e. The predicted octanol–water partition coefficient (Wildman–Crippen LogP) is 0.657. The zero-order chi connectivity index (χ0) is 14.1. The molecule has 0 bridgehead atoms. The van der Waals surface area contributed by atoms with Crippen LogP contribution in [0.4, 0.5) is 5.69 Å². The Hall–Kier alpha value is -1.59. The Balaban J connectivity index is 1.56. The number of carbonyl (C=O) groups excluding carboxylic acids is 1. The first kappa shape index (κ1) is 13.4. The van der Waals surface area contributed by atoms with Crippen LogP contribution in [-0.4, -0.2) is 43.1 Å². The topological polar surface area (TPSA) is 56.4 Å². The molecule has 0 aromatic heterocycles. The minimum absolute atomic E-state index is 0.0981. The Labute approximate surface area is 119 Å². The first-order chi connectivity index (χ1) is 9.65. The Morgan fingerprint density at radius 2 is 2.35 bits per heavy atom. The van der Waals surface area contributed by atoms with Crippen LogP contribution in [0, 0.1) is 6.92 Å². The summed E-state index contributed by atoms with van der Waals surface area (Å²) in [6.45, 7) is 3.77. The third kappa shape index (κ3) is 2.51. The van der Waals surface area contributed by atoms with E-state index in [1.165, 1.54) is 11.1 Å². The maximum Gasteiger partial charge on any atom is 0.242 e. The summed E-state index contributed by atoms with van der Waals surface area (Å²) < 4.78 is 0. The summed E-state index contributed by atoms with van der Waals surface area (Å²) in [5.41, 5.74) is 6.83. The highest BCUT2D eigenvalue weighted by molar-refractivity contribution is 5.87. The van der Waals surface area contributed by atoms with Gasteiger partial charge in [-0.15, -0.1) is 0 Å². The third-order valence-corrected chi connectivity index (χ3v) is 4.32. The van der Waals surface area contributed by atoms with Crippen molar-refractivity contribution < 1.29 is 4.79 Å². The van der Waals surface area contributed by atoms with Crippen molar-refractivity contribution in [1.82, 2.24) is 15.8 Å². The Morgan fingerprint density at radius 3 is 3.05 bits per heavy atom. The molecule has 1 fully saturated rings. The van der Waals surface area contributed by atoms with Gasteiger partial charge in [0.25, 0.3) is 0 Å². The minimum Gasteiger partial charge on any atom is -0.373 e. The minimum atomic E-state index is -0.134. The van der Waals surface area contributed by atoms with Gasteiger partial charge in [-0.3, -0.25) is 10.2 Å². The number of hydrazine groups is 1. The number of benzene rings is 1. The number of para-hydroxylation sites is 1. The number of amides is 1. The summed E-state index contributed by atoms with van der Waals surface area (Å²) in [6.07, 6.45) is 1.86. The molecule has 1 saturated heterocycles. The van der Waals surface area contributed by atoms with Crippen LogP contribution in [0.1, 0.15) is 17.5 Å². The van der Waals surface area contributed by atoms with Crippen molar-refractivity contribution in [3.05, 3.63) is 29.3 Å². The van der Waals surface area contributed by atoms with Crippen LogP contribution in [0.25, 0.3) is 0 Å². The number of fused-ring (bicyclic) bond motifs is 1. The van der Waals surface area contributed by atoms with E-state index in [0.29, 0.717) is 12.6 Å². The second kappa shape index (κ2) is 5.42. The van der Waals surface area contributed by atoms with Crippen LogP contribution in [-0.2, 0) is 11.2 Å². The maximum absolute atomic E-state index is 12.3. The number of hydrogen-bond donors (Lipinski definition) is 3. The average molecular weight is 274 g/mol. The average Bonchev–Trinajstić information content (AvgIpc) is 3.03. The van der Waals surface area contributed by atoms with Gasteiger partial charge in [-0.05, 0) is 24.5 Å². The number of nitrogens with one attached hydrogen (secondary N) is 3. The molecule has 0 radical (unpaired) electrons. The Morgan fingerprint density at radius 1 is 1.50 bits per heavy atom. The van der Waals surface area contributed by atoms with Gasteiger partial charge in [-0.2, -0.15) is 0 Å². The molecule has 0 aliphatic carbocycles. The van der Waals surface area contributed by atoms with Crippen molar-refractivity contribution in [3.63, 3.8) is 0 Å². The lowest BCUT2D eigenvalue weighted by Crippen LogP contribution is -2.45. The number of hydrogen-bond acceptors (Lipinski definition) is 4.